The summed E-state index contributed by atoms with van der Waals surface area (Å²) in [5.41, 5.74) is 1.88. The molecule has 0 aliphatic carbocycles. The second-order valence-corrected chi connectivity index (χ2v) is 6.36. The SMILES string of the molecule is Cc1cc(Nc2nc(NCCCN(C)C)cc(-c3ccccc3)n2)no1. The van der Waals surface area contributed by atoms with Crippen LogP contribution in [0.1, 0.15) is 12.2 Å². The van der Waals surface area contributed by atoms with Crippen LogP contribution in [0.4, 0.5) is 17.6 Å². The van der Waals surface area contributed by atoms with Gasteiger partial charge in [0.1, 0.15) is 11.6 Å². The van der Waals surface area contributed by atoms with Crippen LogP contribution < -0.4 is 10.6 Å². The standard InChI is InChI=1S/C19H24N6O/c1-14-12-18(24-26-14)23-19-21-16(15-8-5-4-6-9-15)13-17(22-19)20-10-7-11-25(2)3/h4-6,8-9,12-13H,7,10-11H2,1-3H3,(H2,20,21,22,23,24). The van der Waals surface area contributed by atoms with E-state index in [1.807, 2.05) is 49.4 Å². The maximum absolute atomic E-state index is 5.10. The number of hydrogen-bond donors (Lipinski definition) is 2. The molecule has 0 bridgehead atoms. The Hall–Kier alpha value is -2.93. The van der Waals surface area contributed by atoms with E-state index in [0.717, 1.165) is 42.3 Å². The summed E-state index contributed by atoms with van der Waals surface area (Å²) in [6.07, 6.45) is 1.03. The summed E-state index contributed by atoms with van der Waals surface area (Å²) in [6.45, 7) is 3.70. The van der Waals surface area contributed by atoms with Gasteiger partial charge in [0, 0.05) is 24.2 Å². The van der Waals surface area contributed by atoms with Crippen LogP contribution in [-0.2, 0) is 0 Å². The molecule has 136 valence electrons. The van der Waals surface area contributed by atoms with E-state index in [2.05, 4.69) is 44.8 Å². The van der Waals surface area contributed by atoms with Crippen molar-refractivity contribution < 1.29 is 4.52 Å². The molecule has 2 heterocycles. The number of rotatable bonds is 8. The van der Waals surface area contributed by atoms with E-state index in [-0.39, 0.29) is 0 Å². The molecule has 3 rings (SSSR count). The predicted octanol–water partition coefficient (Wildman–Crippen LogP) is 3.55. The smallest absolute Gasteiger partial charge is 0.231 e. The minimum Gasteiger partial charge on any atom is -0.370 e. The van der Waals surface area contributed by atoms with Gasteiger partial charge in [-0.1, -0.05) is 35.5 Å². The maximum atomic E-state index is 5.10. The Morgan fingerprint density at radius 3 is 2.54 bits per heavy atom. The lowest BCUT2D eigenvalue weighted by atomic mass is 10.1. The molecule has 0 aliphatic rings. The van der Waals surface area contributed by atoms with Gasteiger partial charge in [-0.25, -0.2) is 4.98 Å². The van der Waals surface area contributed by atoms with Crippen molar-refractivity contribution in [3.8, 4) is 11.3 Å². The normalized spacial score (nSPS) is 10.9. The zero-order valence-corrected chi connectivity index (χ0v) is 15.4. The number of aryl methyl sites for hydroxylation is 1. The fourth-order valence-corrected chi connectivity index (χ4v) is 2.50. The van der Waals surface area contributed by atoms with Gasteiger partial charge in [0.2, 0.25) is 5.95 Å². The average Bonchev–Trinajstić information content (AvgIpc) is 3.04. The van der Waals surface area contributed by atoms with Gasteiger partial charge in [-0.05, 0) is 34.0 Å². The van der Waals surface area contributed by atoms with E-state index in [1.54, 1.807) is 0 Å². The molecular formula is C19H24N6O. The van der Waals surface area contributed by atoms with Crippen LogP contribution in [0.25, 0.3) is 11.3 Å². The molecule has 0 saturated heterocycles. The third-order valence-corrected chi connectivity index (χ3v) is 3.75. The summed E-state index contributed by atoms with van der Waals surface area (Å²) >= 11 is 0. The summed E-state index contributed by atoms with van der Waals surface area (Å²) in [4.78, 5) is 11.3. The summed E-state index contributed by atoms with van der Waals surface area (Å²) in [5.74, 6) is 2.58. The van der Waals surface area contributed by atoms with Crippen LogP contribution >= 0.6 is 0 Å². The minimum atomic E-state index is 0.481. The number of anilines is 3. The fraction of sp³-hybridized carbons (Fsp3) is 0.316. The van der Waals surface area contributed by atoms with E-state index in [0.29, 0.717) is 11.8 Å². The van der Waals surface area contributed by atoms with Crippen LogP contribution in [0.2, 0.25) is 0 Å². The number of nitrogens with zero attached hydrogens (tertiary/aromatic N) is 4. The topological polar surface area (TPSA) is 79.1 Å². The average molecular weight is 352 g/mol. The lowest BCUT2D eigenvalue weighted by Gasteiger charge is -2.12. The van der Waals surface area contributed by atoms with Crippen molar-refractivity contribution in [1.29, 1.82) is 0 Å². The first kappa shape index (κ1) is 17.9. The van der Waals surface area contributed by atoms with Gasteiger partial charge in [-0.3, -0.25) is 0 Å². The molecule has 0 spiro atoms. The Balaban J connectivity index is 1.81. The molecule has 0 saturated carbocycles. The third-order valence-electron chi connectivity index (χ3n) is 3.75. The molecule has 0 aliphatic heterocycles. The van der Waals surface area contributed by atoms with E-state index in [1.165, 1.54) is 0 Å². The molecular weight excluding hydrogens is 328 g/mol. The molecule has 0 unspecified atom stereocenters. The van der Waals surface area contributed by atoms with Crippen LogP contribution in [0.3, 0.4) is 0 Å². The highest BCUT2D eigenvalue weighted by Gasteiger charge is 2.09. The molecule has 0 radical (unpaired) electrons. The van der Waals surface area contributed by atoms with E-state index in [4.69, 9.17) is 4.52 Å². The van der Waals surface area contributed by atoms with Crippen molar-refractivity contribution in [3.63, 3.8) is 0 Å². The van der Waals surface area contributed by atoms with Gasteiger partial charge >= 0.3 is 0 Å². The molecule has 2 N–H and O–H groups in total. The molecule has 7 heteroatoms. The van der Waals surface area contributed by atoms with Gasteiger partial charge < -0.3 is 20.1 Å². The van der Waals surface area contributed by atoms with Gasteiger partial charge in [-0.2, -0.15) is 4.98 Å². The van der Waals surface area contributed by atoms with Crippen LogP contribution in [-0.4, -0.2) is 47.2 Å². The quantitative estimate of drug-likeness (QED) is 0.600. The molecule has 1 aromatic carbocycles. The van der Waals surface area contributed by atoms with Gasteiger partial charge in [0.25, 0.3) is 0 Å². The minimum absolute atomic E-state index is 0.481. The highest BCUT2D eigenvalue weighted by molar-refractivity contribution is 5.65. The first-order valence-electron chi connectivity index (χ1n) is 8.63. The highest BCUT2D eigenvalue weighted by atomic mass is 16.5. The monoisotopic (exact) mass is 352 g/mol. The van der Waals surface area contributed by atoms with Crippen LogP contribution in [0.15, 0.2) is 47.0 Å². The molecule has 7 nitrogen and oxygen atoms in total. The first-order valence-corrected chi connectivity index (χ1v) is 8.63. The predicted molar refractivity (Wildman–Crippen MR) is 104 cm³/mol. The first-order chi connectivity index (χ1) is 12.6. The molecule has 26 heavy (non-hydrogen) atoms. The van der Waals surface area contributed by atoms with Gasteiger partial charge in [0.05, 0.1) is 5.69 Å². The zero-order valence-electron chi connectivity index (χ0n) is 15.4. The Morgan fingerprint density at radius 1 is 1.04 bits per heavy atom. The van der Waals surface area contributed by atoms with E-state index < -0.39 is 0 Å². The maximum Gasteiger partial charge on any atom is 0.231 e. The Morgan fingerprint density at radius 2 is 1.85 bits per heavy atom. The van der Waals surface area contributed by atoms with Crippen molar-refractivity contribution in [2.75, 3.05) is 37.8 Å². The summed E-state index contributed by atoms with van der Waals surface area (Å²) in [5, 5.41) is 10.4. The second kappa shape index (κ2) is 8.44. The number of nitrogens with one attached hydrogen (secondary N) is 2. The summed E-state index contributed by atoms with van der Waals surface area (Å²) < 4.78 is 5.10. The molecule has 0 amide bonds. The van der Waals surface area contributed by atoms with Gasteiger partial charge in [-0.15, -0.1) is 0 Å². The van der Waals surface area contributed by atoms with E-state index in [9.17, 15) is 0 Å². The molecule has 0 atom stereocenters. The largest absolute Gasteiger partial charge is 0.370 e. The van der Waals surface area contributed by atoms with Crippen molar-refractivity contribution in [2.24, 2.45) is 0 Å². The van der Waals surface area contributed by atoms with Crippen LogP contribution in [0.5, 0.6) is 0 Å². The third kappa shape index (κ3) is 5.03. The van der Waals surface area contributed by atoms with Gasteiger partial charge in [0.15, 0.2) is 5.82 Å². The molecule has 2 aromatic heterocycles. The number of hydrogen-bond acceptors (Lipinski definition) is 7. The number of benzene rings is 1. The van der Waals surface area contributed by atoms with Crippen molar-refractivity contribution in [2.45, 2.75) is 13.3 Å². The lowest BCUT2D eigenvalue weighted by Crippen LogP contribution is -2.16. The second-order valence-electron chi connectivity index (χ2n) is 6.36. The van der Waals surface area contributed by atoms with E-state index >= 15 is 0 Å². The lowest BCUT2D eigenvalue weighted by molar-refractivity contribution is 0.400. The summed E-state index contributed by atoms with van der Waals surface area (Å²) in [7, 11) is 4.14. The summed E-state index contributed by atoms with van der Waals surface area (Å²) in [6, 6.07) is 13.8. The molecule has 0 fully saturated rings. The van der Waals surface area contributed by atoms with Crippen molar-refractivity contribution in [1.82, 2.24) is 20.0 Å². The van der Waals surface area contributed by atoms with Crippen LogP contribution in [0, 0.1) is 6.92 Å². The Kier molecular flexibility index (Phi) is 5.80. The number of aromatic nitrogens is 3. The zero-order chi connectivity index (χ0) is 18.4. The highest BCUT2D eigenvalue weighted by Crippen LogP contribution is 2.23. The fourth-order valence-electron chi connectivity index (χ4n) is 2.50. The Bertz CT molecular complexity index is 831. The molecule has 3 aromatic rings. The Labute approximate surface area is 153 Å². The van der Waals surface area contributed by atoms with Crippen molar-refractivity contribution >= 4 is 17.6 Å². The van der Waals surface area contributed by atoms with Crippen molar-refractivity contribution in [3.05, 3.63) is 48.2 Å².